The van der Waals surface area contributed by atoms with Crippen LogP contribution >= 0.6 is 23.1 Å². The van der Waals surface area contributed by atoms with Gasteiger partial charge in [-0.1, -0.05) is 42.2 Å². The topological polar surface area (TPSA) is 113 Å². The first-order valence-corrected chi connectivity index (χ1v) is 9.84. The molecule has 0 unspecified atom stereocenters. The molecule has 1 aliphatic rings. The van der Waals surface area contributed by atoms with Crippen molar-refractivity contribution in [3.63, 3.8) is 0 Å². The van der Waals surface area contributed by atoms with Gasteiger partial charge in [-0.2, -0.15) is 0 Å². The smallest absolute Gasteiger partial charge is 0.254 e. The lowest BCUT2D eigenvalue weighted by atomic mass is 10.1. The van der Waals surface area contributed by atoms with E-state index in [4.69, 9.17) is 0 Å². The average molecular weight is 391 g/mol. The van der Waals surface area contributed by atoms with Gasteiger partial charge in [-0.25, -0.2) is 0 Å². The fraction of sp³-hybridized carbons (Fsp3) is 0.312. The molecule has 2 aromatic rings. The summed E-state index contributed by atoms with van der Waals surface area (Å²) in [5.41, 5.74) is 0.874. The predicted molar refractivity (Wildman–Crippen MR) is 100 cm³/mol. The molecule has 3 rings (SSSR count). The van der Waals surface area contributed by atoms with Crippen LogP contribution in [0.5, 0.6) is 0 Å². The molecule has 26 heavy (non-hydrogen) atoms. The van der Waals surface area contributed by atoms with Crippen LogP contribution in [0.3, 0.4) is 0 Å². The Labute approximate surface area is 158 Å². The number of thioether (sulfide) groups is 1. The van der Waals surface area contributed by atoms with Gasteiger partial charge < -0.3 is 16.0 Å². The highest BCUT2D eigenvalue weighted by molar-refractivity contribution is 8.01. The maximum Gasteiger partial charge on any atom is 0.254 e. The Bertz CT molecular complexity index is 839. The van der Waals surface area contributed by atoms with E-state index in [9.17, 15) is 14.4 Å². The Morgan fingerprint density at radius 3 is 2.92 bits per heavy atom. The summed E-state index contributed by atoms with van der Waals surface area (Å²) in [4.78, 5) is 36.6. The number of hydrogen-bond acceptors (Lipinski definition) is 7. The van der Waals surface area contributed by atoms with Crippen molar-refractivity contribution >= 4 is 51.6 Å². The third-order valence-electron chi connectivity index (χ3n) is 3.63. The number of benzene rings is 1. The van der Waals surface area contributed by atoms with Crippen LogP contribution in [0.4, 0.5) is 10.8 Å². The van der Waals surface area contributed by atoms with Crippen LogP contribution in [0.25, 0.3) is 0 Å². The van der Waals surface area contributed by atoms with E-state index in [0.717, 1.165) is 10.1 Å². The van der Waals surface area contributed by atoms with E-state index >= 15 is 0 Å². The molecule has 8 nitrogen and oxygen atoms in total. The molecule has 10 heteroatoms. The summed E-state index contributed by atoms with van der Waals surface area (Å²) < 4.78 is 0.788. The van der Waals surface area contributed by atoms with Crippen molar-refractivity contribution in [2.24, 2.45) is 0 Å². The van der Waals surface area contributed by atoms with Gasteiger partial charge in [0, 0.05) is 6.42 Å². The Morgan fingerprint density at radius 1 is 1.31 bits per heavy atom. The number of carbonyl (C=O) groups is 3. The lowest BCUT2D eigenvalue weighted by Gasteiger charge is -2.13. The van der Waals surface area contributed by atoms with Crippen molar-refractivity contribution in [2.75, 3.05) is 16.4 Å². The minimum atomic E-state index is -0.777. The van der Waals surface area contributed by atoms with Crippen LogP contribution in [-0.4, -0.2) is 39.7 Å². The maximum absolute atomic E-state index is 12.3. The van der Waals surface area contributed by atoms with Gasteiger partial charge in [0.1, 0.15) is 6.04 Å². The summed E-state index contributed by atoms with van der Waals surface area (Å²) in [5, 5.41) is 16.3. The van der Waals surface area contributed by atoms with Crippen LogP contribution in [0.15, 0.2) is 28.6 Å². The lowest BCUT2D eigenvalue weighted by Crippen LogP contribution is -2.41. The summed E-state index contributed by atoms with van der Waals surface area (Å²) in [7, 11) is 0. The Kier molecular flexibility index (Phi) is 5.84. The molecule has 3 N–H and O–H groups in total. The first-order chi connectivity index (χ1) is 12.6. The first kappa shape index (κ1) is 18.3. The summed E-state index contributed by atoms with van der Waals surface area (Å²) in [6.45, 7) is 2.01. The van der Waals surface area contributed by atoms with Gasteiger partial charge in [-0.05, 0) is 24.3 Å². The zero-order valence-electron chi connectivity index (χ0n) is 13.9. The predicted octanol–water partition coefficient (Wildman–Crippen LogP) is 2.12. The van der Waals surface area contributed by atoms with Crippen LogP contribution < -0.4 is 16.0 Å². The number of nitrogens with one attached hydrogen (secondary N) is 3. The van der Waals surface area contributed by atoms with Gasteiger partial charge in [-0.3, -0.25) is 14.4 Å². The van der Waals surface area contributed by atoms with E-state index in [1.165, 1.54) is 11.3 Å². The quantitative estimate of drug-likeness (QED) is 0.513. The van der Waals surface area contributed by atoms with Crippen molar-refractivity contribution < 1.29 is 14.4 Å². The Balaban J connectivity index is 1.56. The molecule has 1 aliphatic heterocycles. The van der Waals surface area contributed by atoms with Crippen LogP contribution in [-0.2, 0) is 9.59 Å². The third kappa shape index (κ3) is 4.38. The highest BCUT2D eigenvalue weighted by Crippen LogP contribution is 2.25. The molecule has 0 radical (unpaired) electrons. The highest BCUT2D eigenvalue weighted by Gasteiger charge is 2.27. The number of aromatic nitrogens is 2. The largest absolute Gasteiger partial charge is 0.340 e. The maximum atomic E-state index is 12.3. The van der Waals surface area contributed by atoms with Crippen molar-refractivity contribution in [1.82, 2.24) is 15.5 Å². The van der Waals surface area contributed by atoms with Crippen molar-refractivity contribution in [2.45, 2.75) is 30.1 Å². The molecule has 3 amide bonds. The number of anilines is 2. The minimum absolute atomic E-state index is 0.0740. The number of amides is 3. The normalized spacial score (nSPS) is 16.3. The van der Waals surface area contributed by atoms with Crippen molar-refractivity contribution in [1.29, 1.82) is 0 Å². The minimum Gasteiger partial charge on any atom is -0.340 e. The molecular formula is C16H17N5O3S2. The number of nitrogens with zero attached hydrogens (tertiary/aromatic N) is 2. The summed E-state index contributed by atoms with van der Waals surface area (Å²) in [5.74, 6) is -0.0806. The van der Waals surface area contributed by atoms with Gasteiger partial charge in [0.2, 0.25) is 16.9 Å². The molecule has 0 aliphatic carbocycles. The Hall–Kier alpha value is -2.46. The second kappa shape index (κ2) is 8.28. The molecule has 1 aromatic heterocycles. The standard InChI is InChI=1S/C16H17N5O3S2/c1-2-25-16-21-20-15(26-16)19-12(22)8-7-11-14(24)17-10-6-4-3-5-9(10)13(23)18-11/h3-6,11H,2,7-8H2,1H3,(H,17,24)(H,18,23)(H,19,20,22)/t11-/m0/s1. The molecule has 0 spiro atoms. The number of hydrogen-bond donors (Lipinski definition) is 3. The average Bonchev–Trinajstić information content (AvgIpc) is 3.01. The number of fused-ring (bicyclic) bond motifs is 1. The second-order valence-corrected chi connectivity index (χ2v) is 7.94. The number of para-hydroxylation sites is 1. The van der Waals surface area contributed by atoms with Crippen LogP contribution in [0.1, 0.15) is 30.1 Å². The number of rotatable bonds is 6. The third-order valence-corrected chi connectivity index (χ3v) is 5.49. The van der Waals surface area contributed by atoms with Crippen LogP contribution in [0.2, 0.25) is 0 Å². The zero-order valence-corrected chi connectivity index (χ0v) is 15.6. The summed E-state index contributed by atoms with van der Waals surface area (Å²) in [6.07, 6.45) is 0.261. The van der Waals surface area contributed by atoms with Crippen molar-refractivity contribution in [3.05, 3.63) is 29.8 Å². The molecule has 0 saturated heterocycles. The molecule has 0 fully saturated rings. The molecule has 1 atom stereocenters. The zero-order chi connectivity index (χ0) is 18.5. The molecule has 0 saturated carbocycles. The van der Waals surface area contributed by atoms with E-state index in [2.05, 4.69) is 26.1 Å². The highest BCUT2D eigenvalue weighted by atomic mass is 32.2. The van der Waals surface area contributed by atoms with E-state index in [1.54, 1.807) is 36.0 Å². The van der Waals surface area contributed by atoms with Crippen LogP contribution in [0, 0.1) is 0 Å². The second-order valence-electron chi connectivity index (χ2n) is 5.45. The molecule has 2 heterocycles. The first-order valence-electron chi connectivity index (χ1n) is 8.03. The van der Waals surface area contributed by atoms with Gasteiger partial charge in [-0.15, -0.1) is 10.2 Å². The Morgan fingerprint density at radius 2 is 2.12 bits per heavy atom. The summed E-state index contributed by atoms with van der Waals surface area (Å²) in [6, 6.07) is 6.00. The van der Waals surface area contributed by atoms with Gasteiger partial charge >= 0.3 is 0 Å². The number of carbonyl (C=O) groups excluding carboxylic acids is 3. The molecule has 136 valence electrons. The van der Waals surface area contributed by atoms with Gasteiger partial charge in [0.15, 0.2) is 4.34 Å². The SMILES string of the molecule is CCSc1nnc(NC(=O)CC[C@@H]2NC(=O)c3ccccc3NC2=O)s1. The fourth-order valence-electron chi connectivity index (χ4n) is 2.41. The lowest BCUT2D eigenvalue weighted by molar-refractivity contribution is -0.118. The van der Waals surface area contributed by atoms with Gasteiger partial charge in [0.05, 0.1) is 11.3 Å². The van der Waals surface area contributed by atoms with Crippen molar-refractivity contribution in [3.8, 4) is 0 Å². The molecular weight excluding hydrogens is 374 g/mol. The van der Waals surface area contributed by atoms with E-state index in [0.29, 0.717) is 16.4 Å². The molecule has 1 aromatic carbocycles. The van der Waals surface area contributed by atoms with E-state index in [1.807, 2.05) is 6.92 Å². The molecule has 0 bridgehead atoms. The monoisotopic (exact) mass is 391 g/mol. The van der Waals surface area contributed by atoms with E-state index in [-0.39, 0.29) is 30.6 Å². The van der Waals surface area contributed by atoms with E-state index < -0.39 is 6.04 Å². The fourth-order valence-corrected chi connectivity index (χ4v) is 4.08. The summed E-state index contributed by atoms with van der Waals surface area (Å²) >= 11 is 2.85. The van der Waals surface area contributed by atoms with Gasteiger partial charge in [0.25, 0.3) is 5.91 Å².